The molecule has 0 aliphatic heterocycles. The molecule has 0 saturated heterocycles. The van der Waals surface area contributed by atoms with Crippen LogP contribution in [0.1, 0.15) is 88.7 Å². The van der Waals surface area contributed by atoms with Gasteiger partial charge in [0, 0.05) is 5.56 Å². The third-order valence-corrected chi connectivity index (χ3v) is 6.72. The van der Waals surface area contributed by atoms with Crippen LogP contribution in [0.15, 0.2) is 48.6 Å². The first kappa shape index (κ1) is 22.7. The van der Waals surface area contributed by atoms with Gasteiger partial charge in [0.2, 0.25) is 0 Å². The van der Waals surface area contributed by atoms with E-state index >= 15 is 0 Å². The fourth-order valence-electron chi connectivity index (χ4n) is 4.82. The Morgan fingerprint density at radius 1 is 0.900 bits per heavy atom. The summed E-state index contributed by atoms with van der Waals surface area (Å²) in [7, 11) is 0. The minimum atomic E-state index is -0.695. The summed E-state index contributed by atoms with van der Waals surface area (Å²) in [6, 6.07) is 11.5. The van der Waals surface area contributed by atoms with Gasteiger partial charge in [-0.3, -0.25) is 0 Å². The number of rotatable bonds is 9. The number of unbranched alkanes of at least 4 members (excludes halogenated alkanes) is 2. The number of benzene rings is 2. The second-order valence-corrected chi connectivity index (χ2v) is 8.85. The van der Waals surface area contributed by atoms with E-state index in [2.05, 4.69) is 13.0 Å². The predicted octanol–water partition coefficient (Wildman–Crippen LogP) is 8.99. The van der Waals surface area contributed by atoms with E-state index in [4.69, 9.17) is 0 Å². The lowest BCUT2D eigenvalue weighted by Gasteiger charge is -2.29. The lowest BCUT2D eigenvalue weighted by molar-refractivity contribution is 0.298. The van der Waals surface area contributed by atoms with Gasteiger partial charge in [-0.2, -0.15) is 0 Å². The third-order valence-electron chi connectivity index (χ3n) is 6.72. The van der Waals surface area contributed by atoms with Gasteiger partial charge >= 0.3 is 0 Å². The van der Waals surface area contributed by atoms with Gasteiger partial charge in [0.1, 0.15) is 0 Å². The number of halogens is 2. The van der Waals surface area contributed by atoms with Crippen molar-refractivity contribution in [1.82, 2.24) is 0 Å². The van der Waals surface area contributed by atoms with Crippen LogP contribution in [0.3, 0.4) is 0 Å². The van der Waals surface area contributed by atoms with Crippen molar-refractivity contribution in [2.45, 2.75) is 84.0 Å². The normalized spacial score (nSPS) is 19.5. The Morgan fingerprint density at radius 3 is 2.30 bits per heavy atom. The van der Waals surface area contributed by atoms with E-state index in [1.165, 1.54) is 31.2 Å². The molecule has 0 aromatic heterocycles. The largest absolute Gasteiger partial charge is 0.203 e. The highest BCUT2D eigenvalue weighted by Crippen LogP contribution is 2.40. The van der Waals surface area contributed by atoms with Crippen LogP contribution in [0.25, 0.3) is 11.1 Å². The highest BCUT2D eigenvalue weighted by atomic mass is 19.2. The molecule has 2 heteroatoms. The Kier molecular flexibility index (Phi) is 8.66. The average molecular weight is 411 g/mol. The predicted molar refractivity (Wildman–Crippen MR) is 124 cm³/mol. The van der Waals surface area contributed by atoms with Crippen LogP contribution in [0.5, 0.6) is 0 Å². The molecular weight excluding hydrogens is 374 g/mol. The van der Waals surface area contributed by atoms with E-state index in [1.54, 1.807) is 6.07 Å². The molecule has 0 atom stereocenters. The summed E-state index contributed by atoms with van der Waals surface area (Å²) in [5.41, 5.74) is 2.90. The maximum Gasteiger partial charge on any atom is 0.166 e. The highest BCUT2D eigenvalue weighted by molar-refractivity contribution is 5.65. The van der Waals surface area contributed by atoms with Crippen LogP contribution >= 0.6 is 0 Å². The van der Waals surface area contributed by atoms with E-state index in [9.17, 15) is 8.78 Å². The van der Waals surface area contributed by atoms with Gasteiger partial charge in [0.15, 0.2) is 11.6 Å². The first-order valence-corrected chi connectivity index (χ1v) is 11.8. The second kappa shape index (κ2) is 11.4. The molecule has 0 unspecified atom stereocenters. The Labute approximate surface area is 181 Å². The van der Waals surface area contributed by atoms with Gasteiger partial charge in [-0.15, -0.1) is 0 Å². The molecule has 1 fully saturated rings. The van der Waals surface area contributed by atoms with Gasteiger partial charge in [-0.05, 0) is 74.0 Å². The summed E-state index contributed by atoms with van der Waals surface area (Å²) in [5.74, 6) is -0.408. The molecule has 0 bridgehead atoms. The molecule has 1 aliphatic rings. The molecule has 0 N–H and O–H groups in total. The Balaban J connectivity index is 1.66. The minimum Gasteiger partial charge on any atom is -0.203 e. The lowest BCUT2D eigenvalue weighted by atomic mass is 9.76. The third kappa shape index (κ3) is 5.80. The van der Waals surface area contributed by atoms with Crippen molar-refractivity contribution in [1.29, 1.82) is 0 Å². The van der Waals surface area contributed by atoms with E-state index in [0.717, 1.165) is 50.0 Å². The molecule has 0 amide bonds. The molecule has 0 heterocycles. The van der Waals surface area contributed by atoms with Crippen LogP contribution in [0.4, 0.5) is 8.78 Å². The fourth-order valence-corrected chi connectivity index (χ4v) is 4.82. The van der Waals surface area contributed by atoms with Crippen molar-refractivity contribution < 1.29 is 8.78 Å². The summed E-state index contributed by atoms with van der Waals surface area (Å²) < 4.78 is 29.9. The number of aryl methyl sites for hydroxylation is 1. The van der Waals surface area contributed by atoms with E-state index in [0.29, 0.717) is 11.1 Å². The van der Waals surface area contributed by atoms with Gasteiger partial charge in [0.05, 0.1) is 0 Å². The van der Waals surface area contributed by atoms with Crippen molar-refractivity contribution in [3.05, 3.63) is 71.3 Å². The molecule has 2 aromatic rings. The SMILES string of the molecule is C/C=C/CCc1ccc(-c2ccc(C3CCC(CCCCC)CC3)c(F)c2F)cc1. The standard InChI is InChI=1S/C28H36F2/c1-3-5-7-9-21-11-15-23(16-12-21)25-19-20-26(28(30)27(25)29)24-17-13-22(14-18-24)10-8-6-4-2/h3,5,11-12,15-16,19-20,22,24H,4,6-10,13-14,17-18H2,1-2H3/b5-3+. The summed E-state index contributed by atoms with van der Waals surface area (Å²) in [6.45, 7) is 4.25. The van der Waals surface area contributed by atoms with Crippen molar-refractivity contribution in [2.24, 2.45) is 5.92 Å². The van der Waals surface area contributed by atoms with Gasteiger partial charge in [-0.25, -0.2) is 8.78 Å². The number of allylic oxidation sites excluding steroid dienone is 2. The summed E-state index contributed by atoms with van der Waals surface area (Å²) in [6.07, 6.45) is 15.5. The molecule has 0 spiro atoms. The first-order valence-electron chi connectivity index (χ1n) is 11.8. The Hall–Kier alpha value is -1.96. The number of hydrogen-bond donors (Lipinski definition) is 0. The zero-order valence-electron chi connectivity index (χ0n) is 18.6. The smallest absolute Gasteiger partial charge is 0.166 e. The van der Waals surface area contributed by atoms with Crippen molar-refractivity contribution in [3.8, 4) is 11.1 Å². The highest BCUT2D eigenvalue weighted by Gasteiger charge is 2.26. The summed E-state index contributed by atoms with van der Waals surface area (Å²) in [5, 5.41) is 0. The maximum atomic E-state index is 15.0. The topological polar surface area (TPSA) is 0 Å². The lowest BCUT2D eigenvalue weighted by Crippen LogP contribution is -2.15. The Morgan fingerprint density at radius 2 is 1.63 bits per heavy atom. The molecule has 162 valence electrons. The van der Waals surface area contributed by atoms with Crippen LogP contribution in [0, 0.1) is 17.6 Å². The second-order valence-electron chi connectivity index (χ2n) is 8.85. The molecule has 30 heavy (non-hydrogen) atoms. The number of hydrogen-bond acceptors (Lipinski definition) is 0. The zero-order valence-corrected chi connectivity index (χ0v) is 18.6. The fraction of sp³-hybridized carbons (Fsp3) is 0.500. The molecular formula is C28H36F2. The van der Waals surface area contributed by atoms with Crippen molar-refractivity contribution in [2.75, 3.05) is 0 Å². The maximum absolute atomic E-state index is 15.0. The van der Waals surface area contributed by atoms with Crippen molar-refractivity contribution >= 4 is 0 Å². The zero-order chi connectivity index (χ0) is 21.3. The monoisotopic (exact) mass is 410 g/mol. The molecule has 1 aliphatic carbocycles. The summed E-state index contributed by atoms with van der Waals surface area (Å²) >= 11 is 0. The van der Waals surface area contributed by atoms with E-state index in [1.807, 2.05) is 43.3 Å². The van der Waals surface area contributed by atoms with E-state index in [-0.39, 0.29) is 5.92 Å². The first-order chi connectivity index (χ1) is 14.6. The van der Waals surface area contributed by atoms with Crippen LogP contribution in [-0.2, 0) is 6.42 Å². The molecule has 0 radical (unpaired) electrons. The van der Waals surface area contributed by atoms with Gasteiger partial charge in [-0.1, -0.05) is 81.2 Å². The van der Waals surface area contributed by atoms with Gasteiger partial charge in [0.25, 0.3) is 0 Å². The van der Waals surface area contributed by atoms with Crippen molar-refractivity contribution in [3.63, 3.8) is 0 Å². The molecule has 2 aromatic carbocycles. The average Bonchev–Trinajstić information content (AvgIpc) is 2.77. The van der Waals surface area contributed by atoms with Crippen LogP contribution in [0.2, 0.25) is 0 Å². The molecule has 3 rings (SSSR count). The minimum absolute atomic E-state index is 0.157. The Bertz CT molecular complexity index is 811. The van der Waals surface area contributed by atoms with Crippen LogP contribution < -0.4 is 0 Å². The molecule has 0 nitrogen and oxygen atoms in total. The molecule has 1 saturated carbocycles. The van der Waals surface area contributed by atoms with Crippen LogP contribution in [-0.4, -0.2) is 0 Å². The quantitative estimate of drug-likeness (QED) is 0.286. The summed E-state index contributed by atoms with van der Waals surface area (Å²) in [4.78, 5) is 0. The van der Waals surface area contributed by atoms with E-state index < -0.39 is 11.6 Å². The van der Waals surface area contributed by atoms with Gasteiger partial charge < -0.3 is 0 Å².